The summed E-state index contributed by atoms with van der Waals surface area (Å²) in [5, 5.41) is 6.94. The summed E-state index contributed by atoms with van der Waals surface area (Å²) in [5.41, 5.74) is 2.40. The van der Waals surface area contributed by atoms with Crippen LogP contribution in [-0.4, -0.2) is 15.7 Å². The van der Waals surface area contributed by atoms with Crippen LogP contribution in [0.4, 0.5) is 5.69 Å². The lowest BCUT2D eigenvalue weighted by atomic mass is 10.1. The Kier molecular flexibility index (Phi) is 3.23. The molecule has 0 atom stereocenters. The average molecular weight is 229 g/mol. The lowest BCUT2D eigenvalue weighted by molar-refractivity contribution is 0.102. The first kappa shape index (κ1) is 11.4. The highest BCUT2D eigenvalue weighted by Gasteiger charge is 2.10. The number of nitrogens with one attached hydrogen (secondary N) is 1. The van der Waals surface area contributed by atoms with Crippen molar-refractivity contribution < 1.29 is 4.79 Å². The predicted octanol–water partition coefficient (Wildman–Crippen LogP) is 2.23. The Morgan fingerprint density at radius 1 is 1.35 bits per heavy atom. The highest BCUT2D eigenvalue weighted by atomic mass is 16.1. The third-order valence-corrected chi connectivity index (χ3v) is 2.59. The van der Waals surface area contributed by atoms with Crippen LogP contribution in [0.5, 0.6) is 0 Å². The molecule has 17 heavy (non-hydrogen) atoms. The van der Waals surface area contributed by atoms with Crippen molar-refractivity contribution in [1.82, 2.24) is 9.78 Å². The molecule has 0 saturated heterocycles. The van der Waals surface area contributed by atoms with Gasteiger partial charge in [0.25, 0.3) is 5.91 Å². The second kappa shape index (κ2) is 4.82. The maximum atomic E-state index is 11.9. The maximum absolute atomic E-state index is 11.9. The molecule has 1 aromatic heterocycles. The molecular weight excluding hydrogens is 214 g/mol. The van der Waals surface area contributed by atoms with Crippen molar-refractivity contribution in [2.45, 2.75) is 13.3 Å². The van der Waals surface area contributed by atoms with Crippen molar-refractivity contribution in [2.24, 2.45) is 7.05 Å². The summed E-state index contributed by atoms with van der Waals surface area (Å²) in [4.78, 5) is 11.9. The molecule has 1 amide bonds. The van der Waals surface area contributed by atoms with Crippen LogP contribution in [0, 0.1) is 0 Å². The standard InChI is InChI=1S/C13H15N3O/c1-3-10-6-4-5-7-11(10)14-13(17)12-8-9-16(2)15-12/h4-9H,3H2,1-2H3,(H,14,17). The molecule has 0 fully saturated rings. The number of carbonyl (C=O) groups excluding carboxylic acids is 1. The smallest absolute Gasteiger partial charge is 0.276 e. The van der Waals surface area contributed by atoms with Crippen LogP contribution in [0.2, 0.25) is 0 Å². The number of amides is 1. The van der Waals surface area contributed by atoms with E-state index in [2.05, 4.69) is 17.3 Å². The fraction of sp³-hybridized carbons (Fsp3) is 0.231. The van der Waals surface area contributed by atoms with E-state index in [0.717, 1.165) is 17.7 Å². The van der Waals surface area contributed by atoms with Gasteiger partial charge in [-0.2, -0.15) is 5.10 Å². The zero-order valence-corrected chi connectivity index (χ0v) is 9.97. The first-order valence-electron chi connectivity index (χ1n) is 5.59. The van der Waals surface area contributed by atoms with Crippen LogP contribution in [0.3, 0.4) is 0 Å². The van der Waals surface area contributed by atoms with E-state index in [1.54, 1.807) is 24.0 Å². The molecular formula is C13H15N3O. The molecule has 2 aromatic rings. The van der Waals surface area contributed by atoms with Crippen molar-refractivity contribution >= 4 is 11.6 Å². The highest BCUT2D eigenvalue weighted by Crippen LogP contribution is 2.16. The van der Waals surface area contributed by atoms with E-state index in [4.69, 9.17) is 0 Å². The maximum Gasteiger partial charge on any atom is 0.276 e. The van der Waals surface area contributed by atoms with E-state index in [1.165, 1.54) is 0 Å². The number of aromatic nitrogens is 2. The Bertz CT molecular complexity index is 531. The van der Waals surface area contributed by atoms with Crippen LogP contribution in [-0.2, 0) is 13.5 Å². The molecule has 2 rings (SSSR count). The second-order valence-electron chi connectivity index (χ2n) is 3.84. The van der Waals surface area contributed by atoms with Gasteiger partial charge in [0.1, 0.15) is 0 Å². The first-order chi connectivity index (χ1) is 8.20. The molecule has 1 N–H and O–H groups in total. The van der Waals surface area contributed by atoms with Gasteiger partial charge in [0, 0.05) is 18.9 Å². The van der Waals surface area contributed by atoms with Crippen molar-refractivity contribution in [1.29, 1.82) is 0 Å². The van der Waals surface area contributed by atoms with Gasteiger partial charge in [-0.3, -0.25) is 9.48 Å². The topological polar surface area (TPSA) is 46.9 Å². The van der Waals surface area contributed by atoms with Crippen LogP contribution in [0.1, 0.15) is 23.0 Å². The van der Waals surface area contributed by atoms with Crippen molar-refractivity contribution in [3.05, 3.63) is 47.8 Å². The zero-order chi connectivity index (χ0) is 12.3. The molecule has 1 aromatic carbocycles. The van der Waals surface area contributed by atoms with Crippen LogP contribution >= 0.6 is 0 Å². The largest absolute Gasteiger partial charge is 0.320 e. The molecule has 0 saturated carbocycles. The summed E-state index contributed by atoms with van der Waals surface area (Å²) in [6, 6.07) is 9.49. The molecule has 4 heteroatoms. The van der Waals surface area contributed by atoms with Gasteiger partial charge < -0.3 is 5.32 Å². The van der Waals surface area contributed by atoms with Crippen molar-refractivity contribution in [3.63, 3.8) is 0 Å². The zero-order valence-electron chi connectivity index (χ0n) is 9.97. The molecule has 0 aliphatic carbocycles. The Balaban J connectivity index is 2.18. The molecule has 0 aliphatic rings. The molecule has 88 valence electrons. The average Bonchev–Trinajstić information content (AvgIpc) is 2.77. The number of nitrogens with zero attached hydrogens (tertiary/aromatic N) is 2. The van der Waals surface area contributed by atoms with Crippen LogP contribution < -0.4 is 5.32 Å². The third kappa shape index (κ3) is 2.53. The van der Waals surface area contributed by atoms with E-state index in [1.807, 2.05) is 24.3 Å². The molecule has 0 aliphatic heterocycles. The normalized spacial score (nSPS) is 10.2. The van der Waals surface area contributed by atoms with E-state index < -0.39 is 0 Å². The van der Waals surface area contributed by atoms with Crippen molar-refractivity contribution in [3.8, 4) is 0 Å². The molecule has 4 nitrogen and oxygen atoms in total. The lowest BCUT2D eigenvalue weighted by Crippen LogP contribution is -2.14. The monoisotopic (exact) mass is 229 g/mol. The van der Waals surface area contributed by atoms with E-state index >= 15 is 0 Å². The van der Waals surface area contributed by atoms with Gasteiger partial charge in [-0.15, -0.1) is 0 Å². The minimum Gasteiger partial charge on any atom is -0.320 e. The van der Waals surface area contributed by atoms with Gasteiger partial charge in [-0.1, -0.05) is 25.1 Å². The Morgan fingerprint density at radius 3 is 2.76 bits per heavy atom. The summed E-state index contributed by atoms with van der Waals surface area (Å²) < 4.78 is 1.61. The first-order valence-corrected chi connectivity index (χ1v) is 5.59. The van der Waals surface area contributed by atoms with Gasteiger partial charge in [0.2, 0.25) is 0 Å². The van der Waals surface area contributed by atoms with Gasteiger partial charge in [-0.05, 0) is 24.1 Å². The fourth-order valence-electron chi connectivity index (χ4n) is 1.67. The van der Waals surface area contributed by atoms with Gasteiger partial charge in [0.15, 0.2) is 5.69 Å². The van der Waals surface area contributed by atoms with Crippen LogP contribution in [0.15, 0.2) is 36.5 Å². The molecule has 0 bridgehead atoms. The molecule has 1 heterocycles. The van der Waals surface area contributed by atoms with Crippen LogP contribution in [0.25, 0.3) is 0 Å². The van der Waals surface area contributed by atoms with Gasteiger partial charge in [0.05, 0.1) is 0 Å². The minimum absolute atomic E-state index is 0.175. The number of anilines is 1. The van der Waals surface area contributed by atoms with Gasteiger partial charge >= 0.3 is 0 Å². The van der Waals surface area contributed by atoms with E-state index in [9.17, 15) is 4.79 Å². The Labute approximate surface area is 100 Å². The fourth-order valence-corrected chi connectivity index (χ4v) is 1.67. The number of hydrogen-bond donors (Lipinski definition) is 1. The minimum atomic E-state index is -0.175. The highest BCUT2D eigenvalue weighted by molar-refractivity contribution is 6.03. The SMILES string of the molecule is CCc1ccccc1NC(=O)c1ccn(C)n1. The quantitative estimate of drug-likeness (QED) is 0.877. The van der Waals surface area contributed by atoms with Gasteiger partial charge in [-0.25, -0.2) is 0 Å². The van der Waals surface area contributed by atoms with E-state index in [0.29, 0.717) is 5.69 Å². The Hall–Kier alpha value is -2.10. The van der Waals surface area contributed by atoms with E-state index in [-0.39, 0.29) is 5.91 Å². The summed E-state index contributed by atoms with van der Waals surface area (Å²) in [5.74, 6) is -0.175. The summed E-state index contributed by atoms with van der Waals surface area (Å²) >= 11 is 0. The second-order valence-corrected chi connectivity index (χ2v) is 3.84. The third-order valence-electron chi connectivity index (χ3n) is 2.59. The number of para-hydroxylation sites is 1. The number of carbonyl (C=O) groups is 1. The summed E-state index contributed by atoms with van der Waals surface area (Å²) in [6.45, 7) is 2.06. The number of aryl methyl sites for hydroxylation is 2. The number of benzene rings is 1. The Morgan fingerprint density at radius 2 is 2.12 bits per heavy atom. The predicted molar refractivity (Wildman–Crippen MR) is 67.0 cm³/mol. The molecule has 0 unspecified atom stereocenters. The lowest BCUT2D eigenvalue weighted by Gasteiger charge is -2.08. The summed E-state index contributed by atoms with van der Waals surface area (Å²) in [6.07, 6.45) is 2.64. The number of rotatable bonds is 3. The molecule has 0 radical (unpaired) electrons. The molecule has 0 spiro atoms. The summed E-state index contributed by atoms with van der Waals surface area (Å²) in [7, 11) is 1.79. The van der Waals surface area contributed by atoms with Crippen molar-refractivity contribution in [2.75, 3.05) is 5.32 Å². The number of hydrogen-bond acceptors (Lipinski definition) is 2.